The Bertz CT molecular complexity index is 830. The zero-order valence-corrected chi connectivity index (χ0v) is 16.9. The first kappa shape index (κ1) is 20.1. The summed E-state index contributed by atoms with van der Waals surface area (Å²) in [5, 5.41) is 18.8. The Morgan fingerprint density at radius 2 is 2.12 bits per heavy atom. The first-order chi connectivity index (χ1) is 12.0. The second kappa shape index (κ2) is 6.85. The van der Waals surface area contributed by atoms with E-state index in [2.05, 4.69) is 4.98 Å². The lowest BCUT2D eigenvalue weighted by Crippen LogP contribution is -2.49. The summed E-state index contributed by atoms with van der Waals surface area (Å²) < 4.78 is 0. The first-order valence-electron chi connectivity index (χ1n) is 7.81. The Kier molecular flexibility index (Phi) is 5.31. The number of thiocarbonyl (C=S) groups is 1. The van der Waals surface area contributed by atoms with Crippen LogP contribution in [0.25, 0.3) is 0 Å². The molecule has 1 saturated heterocycles. The van der Waals surface area contributed by atoms with Crippen molar-refractivity contribution >= 4 is 46.7 Å². The zero-order chi connectivity index (χ0) is 19.9. The van der Waals surface area contributed by atoms with Gasteiger partial charge in [-0.25, -0.2) is 4.98 Å². The van der Waals surface area contributed by atoms with E-state index in [-0.39, 0.29) is 23.3 Å². The molecule has 2 rings (SSSR count). The molecule has 0 bridgehead atoms. The number of rotatable bonds is 5. The second-order valence-electron chi connectivity index (χ2n) is 7.11. The van der Waals surface area contributed by atoms with Gasteiger partial charge in [-0.3, -0.25) is 14.5 Å². The highest BCUT2D eigenvalue weighted by Crippen LogP contribution is 2.36. The molecule has 1 aliphatic heterocycles. The van der Waals surface area contributed by atoms with Gasteiger partial charge in [-0.15, -0.1) is 11.8 Å². The van der Waals surface area contributed by atoms with E-state index in [0.717, 1.165) is 0 Å². The second-order valence-corrected chi connectivity index (χ2v) is 8.33. The number of carbonyl (C=O) groups excluding carboxylic acids is 1. The molecule has 1 aliphatic rings. The van der Waals surface area contributed by atoms with Crippen LogP contribution in [0.3, 0.4) is 0 Å². The molecule has 0 unspecified atom stereocenters. The molecule has 0 spiro atoms. The number of hydrogen-bond donors (Lipinski definition) is 1. The quantitative estimate of drug-likeness (QED) is 0.603. The third-order valence-electron chi connectivity index (χ3n) is 4.38. The van der Waals surface area contributed by atoms with Crippen LogP contribution >= 0.6 is 24.0 Å². The standard InChI is InChI=1S/C17H20N4O3S2/c1-16(2,14(23)24)9-20-15(25)21(13(22)17(20,3)4)10-6-12(26-5)11(7-18)19-8-10/h6,8H,9H2,1-5H3,(H,23,24). The SMILES string of the molecule is CSc1cc(N2C(=O)C(C)(C)N(CC(C)(C)C(=O)O)C2=S)cnc1C#N. The van der Waals surface area contributed by atoms with Gasteiger partial charge in [0.2, 0.25) is 0 Å². The lowest BCUT2D eigenvalue weighted by Gasteiger charge is -2.34. The summed E-state index contributed by atoms with van der Waals surface area (Å²) in [7, 11) is 0. The van der Waals surface area contributed by atoms with Crippen molar-refractivity contribution < 1.29 is 14.7 Å². The summed E-state index contributed by atoms with van der Waals surface area (Å²) in [6, 6.07) is 3.71. The average Bonchev–Trinajstić information content (AvgIpc) is 2.74. The fraction of sp³-hybridized carbons (Fsp3) is 0.471. The zero-order valence-electron chi connectivity index (χ0n) is 15.2. The van der Waals surface area contributed by atoms with E-state index in [4.69, 9.17) is 17.5 Å². The van der Waals surface area contributed by atoms with Gasteiger partial charge < -0.3 is 10.0 Å². The molecule has 0 atom stereocenters. The summed E-state index contributed by atoms with van der Waals surface area (Å²) >= 11 is 6.86. The van der Waals surface area contributed by atoms with Crippen LogP contribution in [0.2, 0.25) is 0 Å². The van der Waals surface area contributed by atoms with E-state index in [1.165, 1.54) is 22.9 Å². The average molecular weight is 393 g/mol. The number of pyridine rings is 1. The van der Waals surface area contributed by atoms with E-state index < -0.39 is 16.9 Å². The van der Waals surface area contributed by atoms with E-state index in [9.17, 15) is 14.7 Å². The molecule has 26 heavy (non-hydrogen) atoms. The Hall–Kier alpha value is -2.18. The monoisotopic (exact) mass is 392 g/mol. The van der Waals surface area contributed by atoms with Crippen molar-refractivity contribution in [3.05, 3.63) is 18.0 Å². The molecule has 9 heteroatoms. The number of carboxylic acid groups (broad SMARTS) is 1. The fourth-order valence-electron chi connectivity index (χ4n) is 2.59. The van der Waals surface area contributed by atoms with Gasteiger partial charge in [0.15, 0.2) is 10.8 Å². The topological polar surface area (TPSA) is 97.5 Å². The molecule has 0 radical (unpaired) electrons. The molecule has 0 saturated carbocycles. The number of carboxylic acids is 1. The number of anilines is 1. The first-order valence-corrected chi connectivity index (χ1v) is 9.44. The predicted molar refractivity (Wildman–Crippen MR) is 103 cm³/mol. The molecule has 1 fully saturated rings. The highest BCUT2D eigenvalue weighted by Gasteiger charge is 2.51. The van der Waals surface area contributed by atoms with Crippen LogP contribution in [0, 0.1) is 16.7 Å². The molecular weight excluding hydrogens is 372 g/mol. The minimum absolute atomic E-state index is 0.0928. The number of nitrogens with zero attached hydrogens (tertiary/aromatic N) is 4. The van der Waals surface area contributed by atoms with Crippen LogP contribution in [0.1, 0.15) is 33.4 Å². The van der Waals surface area contributed by atoms with E-state index in [1.54, 1.807) is 38.7 Å². The highest BCUT2D eigenvalue weighted by atomic mass is 32.2. The van der Waals surface area contributed by atoms with Crippen LogP contribution in [0.5, 0.6) is 0 Å². The van der Waals surface area contributed by atoms with E-state index >= 15 is 0 Å². The molecule has 7 nitrogen and oxygen atoms in total. The molecule has 1 amide bonds. The van der Waals surface area contributed by atoms with Crippen molar-refractivity contribution in [3.8, 4) is 6.07 Å². The summed E-state index contributed by atoms with van der Waals surface area (Å²) in [5.74, 6) is -1.23. The maximum Gasteiger partial charge on any atom is 0.310 e. The van der Waals surface area contributed by atoms with E-state index in [0.29, 0.717) is 10.6 Å². The summed E-state index contributed by atoms with van der Waals surface area (Å²) in [6.45, 7) is 6.71. The van der Waals surface area contributed by atoms with E-state index in [1.807, 2.05) is 12.3 Å². The van der Waals surface area contributed by atoms with Crippen LogP contribution in [0.4, 0.5) is 5.69 Å². The van der Waals surface area contributed by atoms with Crippen LogP contribution in [-0.2, 0) is 9.59 Å². The van der Waals surface area contributed by atoms with Crippen molar-refractivity contribution in [2.24, 2.45) is 5.41 Å². The van der Waals surface area contributed by atoms with Crippen molar-refractivity contribution in [3.63, 3.8) is 0 Å². The van der Waals surface area contributed by atoms with Gasteiger partial charge in [-0.2, -0.15) is 5.26 Å². The Balaban J connectivity index is 2.47. The maximum atomic E-state index is 13.0. The summed E-state index contributed by atoms with van der Waals surface area (Å²) in [5.41, 5.74) is -1.32. The predicted octanol–water partition coefficient (Wildman–Crippen LogP) is 2.50. The summed E-state index contributed by atoms with van der Waals surface area (Å²) in [6.07, 6.45) is 3.25. The van der Waals surface area contributed by atoms with Gasteiger partial charge >= 0.3 is 5.97 Å². The Morgan fingerprint density at radius 1 is 1.50 bits per heavy atom. The Morgan fingerprint density at radius 3 is 2.62 bits per heavy atom. The van der Waals surface area contributed by atoms with Crippen molar-refractivity contribution in [2.45, 2.75) is 38.1 Å². The third kappa shape index (κ3) is 3.27. The molecular formula is C17H20N4O3S2. The lowest BCUT2D eigenvalue weighted by molar-refractivity contribution is -0.148. The highest BCUT2D eigenvalue weighted by molar-refractivity contribution is 7.98. The minimum Gasteiger partial charge on any atom is -0.481 e. The number of aliphatic carboxylic acids is 1. The minimum atomic E-state index is -1.08. The smallest absolute Gasteiger partial charge is 0.310 e. The van der Waals surface area contributed by atoms with Crippen molar-refractivity contribution in [1.29, 1.82) is 5.26 Å². The number of nitriles is 1. The molecule has 2 heterocycles. The molecule has 1 N–H and O–H groups in total. The maximum absolute atomic E-state index is 13.0. The number of carbonyl (C=O) groups is 2. The molecule has 0 aliphatic carbocycles. The number of aromatic nitrogens is 1. The van der Waals surface area contributed by atoms with Crippen molar-refractivity contribution in [2.75, 3.05) is 17.7 Å². The number of amides is 1. The van der Waals surface area contributed by atoms with Gasteiger partial charge in [0.1, 0.15) is 11.6 Å². The third-order valence-corrected chi connectivity index (χ3v) is 5.53. The molecule has 1 aromatic heterocycles. The van der Waals surface area contributed by atoms with Gasteiger partial charge in [-0.05, 0) is 52.2 Å². The fourth-order valence-corrected chi connectivity index (χ4v) is 3.60. The number of thioether (sulfide) groups is 1. The molecule has 138 valence electrons. The number of hydrogen-bond acceptors (Lipinski definition) is 6. The molecule has 1 aromatic rings. The van der Waals surface area contributed by atoms with Gasteiger partial charge in [0.05, 0.1) is 17.3 Å². The summed E-state index contributed by atoms with van der Waals surface area (Å²) in [4.78, 5) is 32.3. The molecule has 0 aromatic carbocycles. The Labute approximate surface area is 162 Å². The largest absolute Gasteiger partial charge is 0.481 e. The lowest BCUT2D eigenvalue weighted by atomic mass is 9.91. The van der Waals surface area contributed by atoms with Crippen LogP contribution < -0.4 is 4.90 Å². The van der Waals surface area contributed by atoms with Gasteiger partial charge in [0, 0.05) is 11.4 Å². The van der Waals surface area contributed by atoms with Crippen molar-refractivity contribution in [1.82, 2.24) is 9.88 Å². The normalized spacial score (nSPS) is 16.8. The van der Waals surface area contributed by atoms with Crippen LogP contribution in [-0.4, -0.2) is 50.3 Å². The van der Waals surface area contributed by atoms with Gasteiger partial charge in [-0.1, -0.05) is 0 Å². The van der Waals surface area contributed by atoms with Gasteiger partial charge in [0.25, 0.3) is 5.91 Å². The van der Waals surface area contributed by atoms with Crippen LogP contribution in [0.15, 0.2) is 17.2 Å².